The van der Waals surface area contributed by atoms with E-state index >= 15 is 0 Å². The molecule has 2 saturated heterocycles. The van der Waals surface area contributed by atoms with E-state index < -0.39 is 0 Å². The second-order valence-electron chi connectivity index (χ2n) is 5.85. The highest BCUT2D eigenvalue weighted by atomic mass is 35.5. The van der Waals surface area contributed by atoms with Crippen molar-refractivity contribution < 1.29 is 9.53 Å². The first kappa shape index (κ1) is 14.1. The summed E-state index contributed by atoms with van der Waals surface area (Å²) in [6.07, 6.45) is 2.32. The lowest BCUT2D eigenvalue weighted by Crippen LogP contribution is -2.45. The van der Waals surface area contributed by atoms with Gasteiger partial charge in [-0.15, -0.1) is 11.6 Å². The fourth-order valence-electron chi connectivity index (χ4n) is 3.21. The predicted molar refractivity (Wildman–Crippen MR) is 72.7 cm³/mol. The molecule has 104 valence electrons. The zero-order chi connectivity index (χ0) is 13.3. The maximum Gasteiger partial charge on any atom is 0.228 e. The molecule has 1 amide bonds. The molecule has 4 unspecified atom stereocenters. The summed E-state index contributed by atoms with van der Waals surface area (Å²) in [6.45, 7) is 7.94. The Morgan fingerprint density at radius 3 is 2.28 bits per heavy atom. The van der Waals surface area contributed by atoms with Gasteiger partial charge in [0.25, 0.3) is 0 Å². The molecule has 4 atom stereocenters. The van der Waals surface area contributed by atoms with Crippen LogP contribution in [-0.4, -0.2) is 42.0 Å². The number of halogens is 1. The standard InChI is InChI=1S/C14H24ClNO2/c1-9-10(2)18-11(3)13(9)14(17)16-6-4-12(8-15)5-7-16/h9-13H,4-8H2,1-3H3. The van der Waals surface area contributed by atoms with Gasteiger partial charge in [-0.1, -0.05) is 6.92 Å². The minimum absolute atomic E-state index is 0.0348. The fourth-order valence-corrected chi connectivity index (χ4v) is 3.52. The Morgan fingerprint density at radius 2 is 1.83 bits per heavy atom. The quantitative estimate of drug-likeness (QED) is 0.724. The van der Waals surface area contributed by atoms with Crippen molar-refractivity contribution in [1.82, 2.24) is 4.90 Å². The van der Waals surface area contributed by atoms with Crippen LogP contribution in [0.3, 0.4) is 0 Å². The average Bonchev–Trinajstić information content (AvgIpc) is 2.63. The summed E-state index contributed by atoms with van der Waals surface area (Å²) in [6, 6.07) is 0. The van der Waals surface area contributed by atoms with E-state index in [0.29, 0.717) is 11.8 Å². The lowest BCUT2D eigenvalue weighted by molar-refractivity contribution is -0.139. The molecule has 2 rings (SSSR count). The van der Waals surface area contributed by atoms with E-state index in [1.54, 1.807) is 0 Å². The van der Waals surface area contributed by atoms with Crippen LogP contribution in [0.4, 0.5) is 0 Å². The maximum atomic E-state index is 12.6. The molecule has 0 aromatic heterocycles. The Bertz CT molecular complexity index is 302. The highest BCUT2D eigenvalue weighted by Crippen LogP contribution is 2.34. The van der Waals surface area contributed by atoms with Gasteiger partial charge in [-0.05, 0) is 38.5 Å². The fraction of sp³-hybridized carbons (Fsp3) is 0.929. The first-order chi connectivity index (χ1) is 8.54. The Kier molecular flexibility index (Phi) is 4.54. The third kappa shape index (κ3) is 2.67. The van der Waals surface area contributed by atoms with Crippen molar-refractivity contribution in [2.75, 3.05) is 19.0 Å². The van der Waals surface area contributed by atoms with Gasteiger partial charge in [-0.2, -0.15) is 0 Å². The van der Waals surface area contributed by atoms with E-state index in [9.17, 15) is 4.79 Å². The highest BCUT2D eigenvalue weighted by Gasteiger charge is 2.43. The third-order valence-electron chi connectivity index (χ3n) is 4.67. The molecule has 2 fully saturated rings. The zero-order valence-electron chi connectivity index (χ0n) is 11.6. The Hall–Kier alpha value is -0.280. The Balaban J connectivity index is 1.95. The number of hydrogen-bond acceptors (Lipinski definition) is 2. The molecule has 0 saturated carbocycles. The number of hydrogen-bond donors (Lipinski definition) is 0. The Labute approximate surface area is 115 Å². The SMILES string of the molecule is CC1OC(C)C(C(=O)N2CCC(CCl)CC2)C1C. The number of amides is 1. The number of carbonyl (C=O) groups excluding carboxylic acids is 1. The molecule has 2 heterocycles. The van der Waals surface area contributed by atoms with Crippen LogP contribution in [0, 0.1) is 17.8 Å². The summed E-state index contributed by atoms with van der Waals surface area (Å²) in [5.74, 6) is 1.95. The van der Waals surface area contributed by atoms with Crippen LogP contribution in [0.5, 0.6) is 0 Å². The van der Waals surface area contributed by atoms with Crippen molar-refractivity contribution in [3.05, 3.63) is 0 Å². The normalized spacial score (nSPS) is 38.1. The van der Waals surface area contributed by atoms with Gasteiger partial charge in [0.1, 0.15) is 0 Å². The molecule has 0 spiro atoms. The van der Waals surface area contributed by atoms with Crippen molar-refractivity contribution in [3.8, 4) is 0 Å². The van der Waals surface area contributed by atoms with Crippen LogP contribution in [0.1, 0.15) is 33.6 Å². The van der Waals surface area contributed by atoms with Crippen LogP contribution < -0.4 is 0 Å². The minimum atomic E-state index is 0.0348. The number of nitrogens with zero attached hydrogens (tertiary/aromatic N) is 1. The van der Waals surface area contributed by atoms with Gasteiger partial charge in [0, 0.05) is 19.0 Å². The van der Waals surface area contributed by atoms with Crippen molar-refractivity contribution in [2.45, 2.75) is 45.8 Å². The molecular weight excluding hydrogens is 250 g/mol. The van der Waals surface area contributed by atoms with E-state index in [2.05, 4.69) is 13.8 Å². The summed E-state index contributed by atoms with van der Waals surface area (Å²) in [4.78, 5) is 14.6. The Morgan fingerprint density at radius 1 is 1.22 bits per heavy atom. The number of piperidine rings is 1. The van der Waals surface area contributed by atoms with Crippen LogP contribution in [-0.2, 0) is 9.53 Å². The number of rotatable bonds is 2. The average molecular weight is 274 g/mol. The lowest BCUT2D eigenvalue weighted by atomic mass is 9.87. The van der Waals surface area contributed by atoms with Crippen molar-refractivity contribution in [3.63, 3.8) is 0 Å². The van der Waals surface area contributed by atoms with E-state index in [4.69, 9.17) is 16.3 Å². The van der Waals surface area contributed by atoms with Crippen LogP contribution in [0.2, 0.25) is 0 Å². The monoisotopic (exact) mass is 273 g/mol. The summed E-state index contributed by atoms with van der Waals surface area (Å²) in [7, 11) is 0. The minimum Gasteiger partial charge on any atom is -0.374 e. The van der Waals surface area contributed by atoms with Gasteiger partial charge in [0.2, 0.25) is 5.91 Å². The van der Waals surface area contributed by atoms with Gasteiger partial charge < -0.3 is 9.64 Å². The van der Waals surface area contributed by atoms with E-state index in [1.807, 2.05) is 11.8 Å². The lowest BCUT2D eigenvalue weighted by Gasteiger charge is -2.34. The molecular formula is C14H24ClNO2. The van der Waals surface area contributed by atoms with Gasteiger partial charge in [-0.3, -0.25) is 4.79 Å². The number of ether oxygens (including phenoxy) is 1. The zero-order valence-corrected chi connectivity index (χ0v) is 12.3. The number of alkyl halides is 1. The van der Waals surface area contributed by atoms with Crippen molar-refractivity contribution in [1.29, 1.82) is 0 Å². The van der Waals surface area contributed by atoms with E-state index in [-0.39, 0.29) is 24.0 Å². The molecule has 2 aliphatic rings. The smallest absolute Gasteiger partial charge is 0.228 e. The molecule has 4 heteroatoms. The molecule has 3 nitrogen and oxygen atoms in total. The summed E-state index contributed by atoms with van der Waals surface area (Å²) < 4.78 is 5.77. The highest BCUT2D eigenvalue weighted by molar-refractivity contribution is 6.18. The topological polar surface area (TPSA) is 29.5 Å². The first-order valence-corrected chi connectivity index (χ1v) is 7.58. The van der Waals surface area contributed by atoms with Crippen LogP contribution >= 0.6 is 11.6 Å². The molecule has 0 bridgehead atoms. The van der Waals surface area contributed by atoms with Crippen LogP contribution in [0.15, 0.2) is 0 Å². The number of likely N-dealkylation sites (tertiary alicyclic amines) is 1. The molecule has 2 aliphatic heterocycles. The second-order valence-corrected chi connectivity index (χ2v) is 6.16. The summed E-state index contributed by atoms with van der Waals surface area (Å²) in [5.41, 5.74) is 0. The summed E-state index contributed by atoms with van der Waals surface area (Å²) >= 11 is 5.88. The second kappa shape index (κ2) is 5.79. The summed E-state index contributed by atoms with van der Waals surface area (Å²) in [5, 5.41) is 0. The van der Waals surface area contributed by atoms with Gasteiger partial charge >= 0.3 is 0 Å². The first-order valence-electron chi connectivity index (χ1n) is 7.04. The predicted octanol–water partition coefficient (Wildman–Crippen LogP) is 2.52. The van der Waals surface area contributed by atoms with Gasteiger partial charge in [0.15, 0.2) is 0 Å². The van der Waals surface area contributed by atoms with Gasteiger partial charge in [0.05, 0.1) is 18.1 Å². The molecule has 0 aromatic carbocycles. The molecule has 0 aromatic rings. The van der Waals surface area contributed by atoms with Gasteiger partial charge in [-0.25, -0.2) is 0 Å². The van der Waals surface area contributed by atoms with E-state index in [0.717, 1.165) is 31.8 Å². The molecule has 18 heavy (non-hydrogen) atoms. The van der Waals surface area contributed by atoms with E-state index in [1.165, 1.54) is 0 Å². The largest absolute Gasteiger partial charge is 0.374 e. The molecule has 0 aliphatic carbocycles. The van der Waals surface area contributed by atoms with Crippen molar-refractivity contribution >= 4 is 17.5 Å². The van der Waals surface area contributed by atoms with Crippen LogP contribution in [0.25, 0.3) is 0 Å². The third-order valence-corrected chi connectivity index (χ3v) is 5.11. The molecule has 0 N–H and O–H groups in total. The molecule has 0 radical (unpaired) electrons. The number of carbonyl (C=O) groups is 1. The van der Waals surface area contributed by atoms with Crippen molar-refractivity contribution in [2.24, 2.45) is 17.8 Å². The maximum absolute atomic E-state index is 12.6.